The van der Waals surface area contributed by atoms with Crippen LogP contribution in [0.2, 0.25) is 0 Å². The molecule has 5 nitrogen and oxygen atoms in total. The maximum Gasteiger partial charge on any atom is 0.309 e. The number of carbonyl (C=O) groups is 2. The number of nitrogens with zero attached hydrogens (tertiary/aromatic N) is 2. The zero-order chi connectivity index (χ0) is 21.3. The van der Waals surface area contributed by atoms with Gasteiger partial charge in [0.15, 0.2) is 0 Å². The summed E-state index contributed by atoms with van der Waals surface area (Å²) in [5.74, 6) is -0.213. The third-order valence-corrected chi connectivity index (χ3v) is 7.22. The zero-order valence-electron chi connectivity index (χ0n) is 17.2. The number of thiophene rings is 1. The van der Waals surface area contributed by atoms with E-state index in [0.29, 0.717) is 44.8 Å². The van der Waals surface area contributed by atoms with Crippen molar-refractivity contribution < 1.29 is 14.3 Å². The predicted octanol–water partition coefficient (Wildman–Crippen LogP) is 5.24. The Morgan fingerprint density at radius 2 is 1.87 bits per heavy atom. The van der Waals surface area contributed by atoms with Gasteiger partial charge in [0.2, 0.25) is 0 Å². The molecule has 0 spiro atoms. The summed E-state index contributed by atoms with van der Waals surface area (Å²) in [5.41, 5.74) is 4.15. The lowest BCUT2D eigenvalue weighted by molar-refractivity contribution is -0.149. The van der Waals surface area contributed by atoms with E-state index in [0.717, 1.165) is 19.6 Å². The molecule has 0 N–H and O–H groups in total. The zero-order valence-corrected chi connectivity index (χ0v) is 19.6. The van der Waals surface area contributed by atoms with Gasteiger partial charge in [-0.15, -0.1) is 11.3 Å². The number of aryl methyl sites for hydroxylation is 1. The summed E-state index contributed by atoms with van der Waals surface area (Å²) < 4.78 is 9.41. The highest BCUT2D eigenvalue weighted by molar-refractivity contribution is 9.11. The standard InChI is InChI=1S/C23H25BrN2O3S/c1-3-29-23(28)17-8-10-25(11-9-17)22(27)19-12-20-18(13-21(24)30-20)26(19)14-16-6-4-15(2)5-7-16/h4-7,12-13,17H,3,8-11,14H2,1-2H3. The lowest BCUT2D eigenvalue weighted by atomic mass is 9.97. The van der Waals surface area contributed by atoms with E-state index in [2.05, 4.69) is 57.8 Å². The summed E-state index contributed by atoms with van der Waals surface area (Å²) in [6.45, 7) is 6.10. The highest BCUT2D eigenvalue weighted by Crippen LogP contribution is 2.34. The minimum absolute atomic E-state index is 0.0314. The van der Waals surface area contributed by atoms with Crippen molar-refractivity contribution in [1.82, 2.24) is 9.47 Å². The fourth-order valence-corrected chi connectivity index (χ4v) is 5.54. The van der Waals surface area contributed by atoms with Gasteiger partial charge in [-0.3, -0.25) is 9.59 Å². The molecule has 3 heterocycles. The van der Waals surface area contributed by atoms with Gasteiger partial charge in [0, 0.05) is 19.6 Å². The second kappa shape index (κ2) is 8.94. The number of likely N-dealkylation sites (tertiary alicyclic amines) is 1. The van der Waals surface area contributed by atoms with Gasteiger partial charge in [-0.1, -0.05) is 29.8 Å². The largest absolute Gasteiger partial charge is 0.466 e. The number of aromatic nitrogens is 1. The van der Waals surface area contributed by atoms with Crippen LogP contribution < -0.4 is 0 Å². The van der Waals surface area contributed by atoms with E-state index in [4.69, 9.17) is 4.74 Å². The van der Waals surface area contributed by atoms with Gasteiger partial charge in [-0.25, -0.2) is 0 Å². The molecule has 1 fully saturated rings. The van der Waals surface area contributed by atoms with Crippen LogP contribution in [-0.4, -0.2) is 41.0 Å². The minimum Gasteiger partial charge on any atom is -0.466 e. The molecule has 0 unspecified atom stereocenters. The van der Waals surface area contributed by atoms with Crippen molar-refractivity contribution >= 4 is 49.4 Å². The third kappa shape index (κ3) is 4.32. The Morgan fingerprint density at radius 3 is 2.53 bits per heavy atom. The molecule has 0 bridgehead atoms. The second-order valence-electron chi connectivity index (χ2n) is 7.72. The van der Waals surface area contributed by atoms with Crippen molar-refractivity contribution in [2.24, 2.45) is 5.92 Å². The number of piperidine rings is 1. The number of benzene rings is 1. The Balaban J connectivity index is 1.57. The maximum atomic E-state index is 13.4. The molecule has 7 heteroatoms. The molecule has 1 saturated heterocycles. The molecule has 0 aliphatic carbocycles. The van der Waals surface area contributed by atoms with Gasteiger partial charge >= 0.3 is 5.97 Å². The van der Waals surface area contributed by atoms with E-state index >= 15 is 0 Å². The summed E-state index contributed by atoms with van der Waals surface area (Å²) in [6.07, 6.45) is 1.31. The number of esters is 1. The first kappa shape index (κ1) is 21.1. The van der Waals surface area contributed by atoms with Crippen LogP contribution in [0.1, 0.15) is 41.4 Å². The fraction of sp³-hybridized carbons (Fsp3) is 0.391. The van der Waals surface area contributed by atoms with Crippen molar-refractivity contribution in [3.8, 4) is 0 Å². The van der Waals surface area contributed by atoms with Crippen LogP contribution in [0.4, 0.5) is 0 Å². The van der Waals surface area contributed by atoms with Gasteiger partial charge in [0.05, 0.1) is 26.5 Å². The number of fused-ring (bicyclic) bond motifs is 1. The van der Waals surface area contributed by atoms with Crippen LogP contribution in [0.25, 0.3) is 10.2 Å². The second-order valence-corrected chi connectivity index (χ2v) is 10.2. The number of hydrogen-bond acceptors (Lipinski definition) is 4. The van der Waals surface area contributed by atoms with Crippen molar-refractivity contribution in [3.05, 3.63) is 57.0 Å². The average Bonchev–Trinajstić information content (AvgIpc) is 3.26. The number of ether oxygens (including phenoxy) is 1. The predicted molar refractivity (Wildman–Crippen MR) is 123 cm³/mol. The first-order valence-corrected chi connectivity index (χ1v) is 11.9. The highest BCUT2D eigenvalue weighted by atomic mass is 79.9. The van der Waals surface area contributed by atoms with Gasteiger partial charge in [-0.2, -0.15) is 0 Å². The third-order valence-electron chi connectivity index (χ3n) is 5.64. The highest BCUT2D eigenvalue weighted by Gasteiger charge is 2.30. The normalized spacial score (nSPS) is 15.0. The molecule has 4 rings (SSSR count). The van der Waals surface area contributed by atoms with Crippen LogP contribution in [-0.2, 0) is 16.1 Å². The number of carbonyl (C=O) groups excluding carboxylic acids is 2. The van der Waals surface area contributed by atoms with Crippen LogP contribution in [0.3, 0.4) is 0 Å². The number of halogens is 1. The van der Waals surface area contributed by atoms with Crippen LogP contribution in [0.5, 0.6) is 0 Å². The Bertz CT molecular complexity index is 1060. The van der Waals surface area contributed by atoms with Gasteiger partial charge in [0.25, 0.3) is 5.91 Å². The lowest BCUT2D eigenvalue weighted by Gasteiger charge is -2.31. The summed E-state index contributed by atoms with van der Waals surface area (Å²) in [6, 6.07) is 12.5. The molecule has 1 aliphatic rings. The van der Waals surface area contributed by atoms with Gasteiger partial charge in [0.1, 0.15) is 5.69 Å². The molecule has 0 radical (unpaired) electrons. The molecule has 0 atom stereocenters. The van der Waals surface area contributed by atoms with E-state index in [-0.39, 0.29) is 17.8 Å². The van der Waals surface area contributed by atoms with Crippen molar-refractivity contribution in [3.63, 3.8) is 0 Å². The number of hydrogen-bond donors (Lipinski definition) is 0. The monoisotopic (exact) mass is 488 g/mol. The molecule has 2 aromatic heterocycles. The molecule has 30 heavy (non-hydrogen) atoms. The van der Waals surface area contributed by atoms with Gasteiger partial charge < -0.3 is 14.2 Å². The van der Waals surface area contributed by atoms with Crippen molar-refractivity contribution in [2.75, 3.05) is 19.7 Å². The van der Waals surface area contributed by atoms with Gasteiger partial charge in [-0.05, 0) is 60.3 Å². The topological polar surface area (TPSA) is 51.5 Å². The van der Waals surface area contributed by atoms with Crippen molar-refractivity contribution in [2.45, 2.75) is 33.2 Å². The first-order chi connectivity index (χ1) is 14.5. The Labute approximate surface area is 188 Å². The van der Waals surface area contributed by atoms with E-state index in [1.54, 1.807) is 11.3 Å². The van der Waals surface area contributed by atoms with Crippen LogP contribution >= 0.6 is 27.3 Å². The summed E-state index contributed by atoms with van der Waals surface area (Å²) >= 11 is 5.21. The molecule has 3 aromatic rings. The molecule has 1 aromatic carbocycles. The Morgan fingerprint density at radius 1 is 1.17 bits per heavy atom. The Hall–Kier alpha value is -2.12. The molecular weight excluding hydrogens is 464 g/mol. The fourth-order valence-electron chi connectivity index (χ4n) is 3.98. The maximum absolute atomic E-state index is 13.4. The quantitative estimate of drug-likeness (QED) is 0.461. The first-order valence-electron chi connectivity index (χ1n) is 10.3. The molecular formula is C23H25BrN2O3S. The average molecular weight is 489 g/mol. The molecule has 1 amide bonds. The lowest BCUT2D eigenvalue weighted by Crippen LogP contribution is -2.41. The SMILES string of the molecule is CCOC(=O)C1CCN(C(=O)c2cc3sc(Br)cc3n2Cc2ccc(C)cc2)CC1. The van der Waals surface area contributed by atoms with E-state index in [9.17, 15) is 9.59 Å². The van der Waals surface area contributed by atoms with E-state index in [1.807, 2.05) is 17.9 Å². The number of rotatable bonds is 5. The molecule has 0 saturated carbocycles. The molecule has 1 aliphatic heterocycles. The van der Waals surface area contributed by atoms with Crippen LogP contribution in [0, 0.1) is 12.8 Å². The summed E-state index contributed by atoms with van der Waals surface area (Å²) in [4.78, 5) is 27.3. The number of amides is 1. The summed E-state index contributed by atoms with van der Waals surface area (Å²) in [5, 5.41) is 0. The van der Waals surface area contributed by atoms with E-state index < -0.39 is 0 Å². The van der Waals surface area contributed by atoms with E-state index in [1.165, 1.54) is 5.56 Å². The summed E-state index contributed by atoms with van der Waals surface area (Å²) in [7, 11) is 0. The Kier molecular flexibility index (Phi) is 6.29. The smallest absolute Gasteiger partial charge is 0.309 e. The van der Waals surface area contributed by atoms with Crippen LogP contribution in [0.15, 0.2) is 40.2 Å². The minimum atomic E-state index is -0.141. The van der Waals surface area contributed by atoms with Crippen molar-refractivity contribution in [1.29, 1.82) is 0 Å². The molecule has 158 valence electrons.